The van der Waals surface area contributed by atoms with Gasteiger partial charge in [0.05, 0.1) is 0 Å². The molecular weight excluding hydrogens is 338 g/mol. The van der Waals surface area contributed by atoms with Crippen molar-refractivity contribution in [2.24, 2.45) is 0 Å². The number of nitrogens with one attached hydrogen (secondary N) is 1. The largest absolute Gasteiger partial charge is 0.316 e. The maximum Gasteiger partial charge on any atom is 0.0367 e. The lowest BCUT2D eigenvalue weighted by molar-refractivity contribution is 0.644. The molecule has 1 atom stereocenters. The lowest BCUT2D eigenvalue weighted by Crippen LogP contribution is -2.24. The van der Waals surface area contributed by atoms with Crippen molar-refractivity contribution in [1.82, 2.24) is 5.32 Å². The van der Waals surface area contributed by atoms with Crippen LogP contribution in [-0.2, 0) is 0 Å². The highest BCUT2D eigenvalue weighted by atomic mass is 79.9. The van der Waals surface area contributed by atoms with Gasteiger partial charge in [0.25, 0.3) is 0 Å². The van der Waals surface area contributed by atoms with E-state index in [1.54, 1.807) is 0 Å². The molecule has 0 saturated heterocycles. The maximum absolute atomic E-state index is 3.52. The third-order valence-electron chi connectivity index (χ3n) is 1.24. The van der Waals surface area contributed by atoms with E-state index in [1.165, 1.54) is 12.8 Å². The predicted molar refractivity (Wildman–Crippen MR) is 64.6 cm³/mol. The molecule has 0 rings (SSSR count). The van der Waals surface area contributed by atoms with Crippen molar-refractivity contribution in [3.8, 4) is 0 Å². The molecule has 0 aliphatic heterocycles. The van der Waals surface area contributed by atoms with Gasteiger partial charge in [-0.05, 0) is 13.0 Å². The molecule has 1 unspecified atom stereocenters. The van der Waals surface area contributed by atoms with Crippen LogP contribution < -0.4 is 5.32 Å². The maximum atomic E-state index is 3.52. The van der Waals surface area contributed by atoms with Crippen LogP contribution in [0.2, 0.25) is 0 Å². The van der Waals surface area contributed by atoms with Crippen LogP contribution >= 0.6 is 48.8 Å². The first-order valence-corrected chi connectivity index (χ1v) is 5.75. The molecule has 0 aromatic carbocycles. The molecule has 0 aromatic rings. The van der Waals surface area contributed by atoms with Gasteiger partial charge in [-0.2, -0.15) is 0 Å². The number of alkyl halides is 2. The van der Waals surface area contributed by atoms with E-state index in [9.17, 15) is 0 Å². The monoisotopic (exact) mass is 351 g/mol. The third kappa shape index (κ3) is 11.4. The summed E-state index contributed by atoms with van der Waals surface area (Å²) >= 11 is 6.92. The Balaban J connectivity index is 0. The van der Waals surface area contributed by atoms with Gasteiger partial charge in [-0.3, -0.25) is 0 Å². The van der Waals surface area contributed by atoms with Gasteiger partial charge in [0, 0.05) is 16.7 Å². The summed E-state index contributed by atoms with van der Waals surface area (Å²) in [5.74, 6) is 0. The Hall–Kier alpha value is 1.40. The first-order valence-electron chi connectivity index (χ1n) is 3.72. The SMILES string of the molecule is Br.CCCCNCC(Br)CBr. The molecule has 0 saturated carbocycles. The number of unbranched alkanes of at least 4 members (excludes halogenated alkanes) is 1. The van der Waals surface area contributed by atoms with Crippen molar-refractivity contribution in [2.75, 3.05) is 18.4 Å². The summed E-state index contributed by atoms with van der Waals surface area (Å²) in [6.45, 7) is 4.41. The topological polar surface area (TPSA) is 12.0 Å². The van der Waals surface area contributed by atoms with Gasteiger partial charge in [0.15, 0.2) is 0 Å². The minimum absolute atomic E-state index is 0. The minimum atomic E-state index is 0. The summed E-state index contributed by atoms with van der Waals surface area (Å²) in [4.78, 5) is 0.573. The van der Waals surface area contributed by atoms with E-state index >= 15 is 0 Å². The number of halogens is 3. The van der Waals surface area contributed by atoms with Crippen molar-refractivity contribution >= 4 is 48.8 Å². The van der Waals surface area contributed by atoms with Crippen LogP contribution in [0.3, 0.4) is 0 Å². The van der Waals surface area contributed by atoms with Crippen molar-refractivity contribution < 1.29 is 0 Å². The van der Waals surface area contributed by atoms with Gasteiger partial charge in [0.2, 0.25) is 0 Å². The van der Waals surface area contributed by atoms with E-state index in [0.717, 1.165) is 18.4 Å². The van der Waals surface area contributed by atoms with Gasteiger partial charge in [0.1, 0.15) is 0 Å². The fourth-order valence-corrected chi connectivity index (χ4v) is 1.07. The normalized spacial score (nSPS) is 12.3. The Morgan fingerprint density at radius 2 is 2.09 bits per heavy atom. The molecule has 0 aliphatic carbocycles. The third-order valence-corrected chi connectivity index (χ3v) is 3.54. The van der Waals surface area contributed by atoms with Gasteiger partial charge < -0.3 is 5.32 Å². The molecule has 4 heteroatoms. The van der Waals surface area contributed by atoms with Crippen LogP contribution in [-0.4, -0.2) is 23.2 Å². The highest BCUT2D eigenvalue weighted by molar-refractivity contribution is 9.12. The highest BCUT2D eigenvalue weighted by Gasteiger charge is 1.98. The second kappa shape index (κ2) is 11.4. The smallest absolute Gasteiger partial charge is 0.0367 e. The zero-order valence-corrected chi connectivity index (χ0v) is 11.7. The lowest BCUT2D eigenvalue weighted by atomic mass is 10.3. The summed E-state index contributed by atoms with van der Waals surface area (Å²) in [5.41, 5.74) is 0. The highest BCUT2D eigenvalue weighted by Crippen LogP contribution is 2.00. The zero-order valence-electron chi connectivity index (χ0n) is 6.78. The molecule has 0 fully saturated rings. The van der Waals surface area contributed by atoms with E-state index in [1.807, 2.05) is 0 Å². The van der Waals surface area contributed by atoms with Gasteiger partial charge >= 0.3 is 0 Å². The Morgan fingerprint density at radius 1 is 1.45 bits per heavy atom. The Bertz CT molecular complexity index is 70.7. The van der Waals surface area contributed by atoms with E-state index in [4.69, 9.17) is 0 Å². The molecule has 1 nitrogen and oxygen atoms in total. The molecule has 0 radical (unpaired) electrons. The Morgan fingerprint density at radius 3 is 2.55 bits per heavy atom. The Kier molecular flexibility index (Phi) is 15.4. The van der Waals surface area contributed by atoms with Gasteiger partial charge in [-0.25, -0.2) is 0 Å². The van der Waals surface area contributed by atoms with E-state index < -0.39 is 0 Å². The second-order valence-corrected chi connectivity index (χ2v) is 4.25. The van der Waals surface area contributed by atoms with Crippen LogP contribution in [0.25, 0.3) is 0 Å². The fraction of sp³-hybridized carbons (Fsp3) is 1.00. The lowest BCUT2D eigenvalue weighted by Gasteiger charge is -2.06. The molecule has 0 aromatic heterocycles. The number of hydrogen-bond donors (Lipinski definition) is 1. The van der Waals surface area contributed by atoms with Crippen molar-refractivity contribution in [1.29, 1.82) is 0 Å². The summed E-state index contributed by atoms with van der Waals surface area (Å²) in [6.07, 6.45) is 2.55. The predicted octanol–water partition coefficient (Wildman–Crippen LogP) is 3.11. The van der Waals surface area contributed by atoms with Crippen LogP contribution in [0.4, 0.5) is 0 Å². The standard InChI is InChI=1S/C7H15Br2N.BrH/c1-2-3-4-10-6-7(9)5-8;/h7,10H,2-6H2,1H3;1H. The van der Waals surface area contributed by atoms with Crippen molar-refractivity contribution in [3.63, 3.8) is 0 Å². The van der Waals surface area contributed by atoms with Crippen LogP contribution in [0, 0.1) is 0 Å². The minimum Gasteiger partial charge on any atom is -0.316 e. The second-order valence-electron chi connectivity index (χ2n) is 2.31. The van der Waals surface area contributed by atoms with Crippen LogP contribution in [0.15, 0.2) is 0 Å². The van der Waals surface area contributed by atoms with Crippen molar-refractivity contribution in [3.05, 3.63) is 0 Å². The molecule has 11 heavy (non-hydrogen) atoms. The number of rotatable bonds is 6. The van der Waals surface area contributed by atoms with Crippen molar-refractivity contribution in [2.45, 2.75) is 24.6 Å². The zero-order chi connectivity index (χ0) is 7.82. The first-order chi connectivity index (χ1) is 4.81. The number of hydrogen-bond acceptors (Lipinski definition) is 1. The fourth-order valence-electron chi connectivity index (χ4n) is 0.615. The summed E-state index contributed by atoms with van der Waals surface area (Å²) in [6, 6.07) is 0. The molecule has 0 spiro atoms. The average molecular weight is 354 g/mol. The molecule has 0 heterocycles. The molecule has 0 bridgehead atoms. The summed E-state index contributed by atoms with van der Waals surface area (Å²) in [7, 11) is 0. The van der Waals surface area contributed by atoms with E-state index in [2.05, 4.69) is 44.1 Å². The average Bonchev–Trinajstić information content (AvgIpc) is 1.98. The molecule has 1 N–H and O–H groups in total. The van der Waals surface area contributed by atoms with Gasteiger partial charge in [-0.1, -0.05) is 45.2 Å². The molecular formula is C7H16Br3N. The Labute approximate surface area is 96.7 Å². The molecule has 70 valence electrons. The van der Waals surface area contributed by atoms with Gasteiger partial charge in [-0.15, -0.1) is 17.0 Å². The van der Waals surface area contributed by atoms with Crippen LogP contribution in [0.5, 0.6) is 0 Å². The summed E-state index contributed by atoms with van der Waals surface area (Å²) in [5, 5.41) is 4.38. The summed E-state index contributed by atoms with van der Waals surface area (Å²) < 4.78 is 0. The van der Waals surface area contributed by atoms with E-state index in [0.29, 0.717) is 4.83 Å². The van der Waals surface area contributed by atoms with Crippen LogP contribution in [0.1, 0.15) is 19.8 Å². The quantitative estimate of drug-likeness (QED) is 0.571. The van der Waals surface area contributed by atoms with E-state index in [-0.39, 0.29) is 17.0 Å². The first kappa shape index (κ1) is 14.9. The molecule has 0 amide bonds. The molecule has 0 aliphatic rings.